The van der Waals surface area contributed by atoms with Crippen LogP contribution in [0.5, 0.6) is 0 Å². The molecule has 0 aliphatic carbocycles. The summed E-state index contributed by atoms with van der Waals surface area (Å²) in [7, 11) is 0. The van der Waals surface area contributed by atoms with Crippen molar-refractivity contribution in [1.82, 2.24) is 24.4 Å². The molecule has 2 N–H and O–H groups in total. The van der Waals surface area contributed by atoms with Crippen LogP contribution < -0.4 is 16.6 Å². The summed E-state index contributed by atoms with van der Waals surface area (Å²) in [6.07, 6.45) is 2.82. The van der Waals surface area contributed by atoms with Gasteiger partial charge in [0.25, 0.3) is 5.56 Å². The predicted octanol–water partition coefficient (Wildman–Crippen LogP) is 3.23. The Labute approximate surface area is 194 Å². The number of nitrogens with one attached hydrogen (secondary N) is 2. The minimum absolute atomic E-state index is 0.0474. The van der Waals surface area contributed by atoms with Gasteiger partial charge < -0.3 is 15.0 Å². The van der Waals surface area contributed by atoms with Crippen LogP contribution in [-0.4, -0.2) is 38.3 Å². The molecule has 0 bridgehead atoms. The zero-order valence-electron chi connectivity index (χ0n) is 18.4. The van der Waals surface area contributed by atoms with Crippen LogP contribution in [0.25, 0.3) is 11.2 Å². The first-order valence-electron chi connectivity index (χ1n) is 10.9. The number of halogens is 2. The monoisotopic (exact) mass is 479 g/mol. The summed E-state index contributed by atoms with van der Waals surface area (Å²) in [5.41, 5.74) is 0.207. The Morgan fingerprint density at radius 3 is 2.76 bits per heavy atom. The molecule has 0 unspecified atom stereocenters. The van der Waals surface area contributed by atoms with Crippen molar-refractivity contribution in [3.05, 3.63) is 61.8 Å². The maximum Gasteiger partial charge on any atom is 0.407 e. The van der Waals surface area contributed by atoms with E-state index in [9.17, 15) is 18.8 Å². The summed E-state index contributed by atoms with van der Waals surface area (Å²) in [5.74, 6) is -0.341. The Bertz CT molecular complexity index is 1220. The van der Waals surface area contributed by atoms with E-state index in [0.29, 0.717) is 19.4 Å². The molecule has 2 aromatic heterocycles. The Morgan fingerprint density at radius 1 is 1.21 bits per heavy atom. The number of hydrogen-bond donors (Lipinski definition) is 2. The number of imidazole rings is 1. The van der Waals surface area contributed by atoms with Gasteiger partial charge in [-0.25, -0.2) is 14.0 Å². The Morgan fingerprint density at radius 2 is 2.00 bits per heavy atom. The highest BCUT2D eigenvalue weighted by Gasteiger charge is 2.16. The summed E-state index contributed by atoms with van der Waals surface area (Å²) < 4.78 is 20.8. The fourth-order valence-electron chi connectivity index (χ4n) is 3.49. The predicted molar refractivity (Wildman–Crippen MR) is 123 cm³/mol. The first kappa shape index (κ1) is 24.5. The second-order valence-corrected chi connectivity index (χ2v) is 7.98. The van der Waals surface area contributed by atoms with Crippen LogP contribution in [0.3, 0.4) is 0 Å². The van der Waals surface area contributed by atoms with Crippen molar-refractivity contribution in [2.45, 2.75) is 52.1 Å². The van der Waals surface area contributed by atoms with E-state index in [0.717, 1.165) is 29.4 Å². The molecule has 0 spiro atoms. The van der Waals surface area contributed by atoms with Crippen molar-refractivity contribution in [2.24, 2.45) is 0 Å². The van der Waals surface area contributed by atoms with E-state index in [1.807, 2.05) is 0 Å². The van der Waals surface area contributed by atoms with Gasteiger partial charge in [0, 0.05) is 26.1 Å². The number of hydrogen-bond acceptors (Lipinski definition) is 5. The number of ether oxygens (including phenoxy) is 1. The van der Waals surface area contributed by atoms with E-state index in [1.54, 1.807) is 12.1 Å². The molecule has 3 rings (SSSR count). The van der Waals surface area contributed by atoms with Gasteiger partial charge in [-0.05, 0) is 42.1 Å². The molecule has 0 saturated heterocycles. The number of unbranched alkanes of at least 4 members (excludes halogenated alkanes) is 2. The number of H-pyrrole nitrogens is 1. The lowest BCUT2D eigenvalue weighted by Crippen LogP contribution is -2.41. The molecule has 0 aliphatic heterocycles. The zero-order chi connectivity index (χ0) is 23.8. The fraction of sp³-hybridized carbons (Fsp3) is 0.455. The molecule has 178 valence electrons. The number of nitrogens with zero attached hydrogens (tertiary/aromatic N) is 3. The first-order valence-corrected chi connectivity index (χ1v) is 11.3. The van der Waals surface area contributed by atoms with Gasteiger partial charge in [-0.3, -0.25) is 13.9 Å². The molecule has 1 amide bonds. The van der Waals surface area contributed by atoms with E-state index in [-0.39, 0.29) is 42.0 Å². The number of aryl methyl sites for hydroxylation is 1. The van der Waals surface area contributed by atoms with Gasteiger partial charge >= 0.3 is 11.8 Å². The number of rotatable bonds is 11. The van der Waals surface area contributed by atoms with E-state index >= 15 is 0 Å². The molecule has 0 saturated carbocycles. The summed E-state index contributed by atoms with van der Waals surface area (Å²) in [4.78, 5) is 44.4. The minimum atomic E-state index is -0.619. The smallest absolute Gasteiger partial charge is 0.407 e. The topological polar surface area (TPSA) is 111 Å². The van der Waals surface area contributed by atoms with Crippen molar-refractivity contribution in [3.63, 3.8) is 0 Å². The van der Waals surface area contributed by atoms with Crippen molar-refractivity contribution in [1.29, 1.82) is 0 Å². The molecule has 0 aliphatic rings. The molecular weight excluding hydrogens is 453 g/mol. The molecule has 0 atom stereocenters. The Balaban J connectivity index is 1.55. The molecule has 9 nitrogen and oxygen atoms in total. The van der Waals surface area contributed by atoms with Gasteiger partial charge in [0.1, 0.15) is 5.82 Å². The Hall–Kier alpha value is -3.14. The van der Waals surface area contributed by atoms with E-state index in [1.165, 1.54) is 16.7 Å². The highest BCUT2D eigenvalue weighted by atomic mass is 35.5. The molecule has 2 heterocycles. The van der Waals surface area contributed by atoms with Crippen LogP contribution in [0, 0.1) is 5.82 Å². The molecule has 0 fully saturated rings. The highest BCUT2D eigenvalue weighted by Crippen LogP contribution is 2.11. The fourth-order valence-corrected chi connectivity index (χ4v) is 3.66. The summed E-state index contributed by atoms with van der Waals surface area (Å²) in [6, 6.07) is 6.08. The lowest BCUT2D eigenvalue weighted by atomic mass is 10.2. The average Bonchev–Trinajstić information content (AvgIpc) is 3.17. The maximum atomic E-state index is 13.2. The van der Waals surface area contributed by atoms with Crippen LogP contribution in [0.4, 0.5) is 9.18 Å². The van der Waals surface area contributed by atoms with E-state index in [2.05, 4.69) is 22.2 Å². The molecule has 0 radical (unpaired) electrons. The SMILES string of the molecule is CCCCCn1c(=O)n(CCCNC(=O)OCCc2cccc(F)c2)c(=O)c2[nH]c(Cl)nc21. The van der Waals surface area contributed by atoms with Gasteiger partial charge in [-0.1, -0.05) is 31.9 Å². The van der Waals surface area contributed by atoms with Gasteiger partial charge in [0.15, 0.2) is 11.2 Å². The van der Waals surface area contributed by atoms with Gasteiger partial charge in [0.05, 0.1) is 6.61 Å². The lowest BCUT2D eigenvalue weighted by Gasteiger charge is -2.11. The standard InChI is InChI=1S/C22H27ClFN5O4/c1-2-3-4-11-28-18-17(26-20(23)27-18)19(30)29(22(28)32)12-6-10-25-21(31)33-13-9-15-7-5-8-16(24)14-15/h5,7-8,14H,2-4,6,9-13H2,1H3,(H,25,31)(H,26,27). The molecule has 1 aromatic carbocycles. The quantitative estimate of drug-likeness (QED) is 0.324. The lowest BCUT2D eigenvalue weighted by molar-refractivity contribution is 0.147. The van der Waals surface area contributed by atoms with Crippen molar-refractivity contribution < 1.29 is 13.9 Å². The summed E-state index contributed by atoms with van der Waals surface area (Å²) >= 11 is 5.93. The second-order valence-electron chi connectivity index (χ2n) is 7.62. The normalized spacial score (nSPS) is 11.1. The van der Waals surface area contributed by atoms with Crippen LogP contribution in [0.1, 0.15) is 38.2 Å². The van der Waals surface area contributed by atoms with E-state index < -0.39 is 17.3 Å². The highest BCUT2D eigenvalue weighted by molar-refractivity contribution is 6.28. The van der Waals surface area contributed by atoms with Crippen LogP contribution >= 0.6 is 11.6 Å². The second kappa shape index (κ2) is 11.6. The minimum Gasteiger partial charge on any atom is -0.449 e. The average molecular weight is 480 g/mol. The number of aromatic nitrogens is 4. The third-order valence-corrected chi connectivity index (χ3v) is 5.34. The third-order valence-electron chi connectivity index (χ3n) is 5.16. The third kappa shape index (κ3) is 6.44. The van der Waals surface area contributed by atoms with Crippen molar-refractivity contribution >= 4 is 28.9 Å². The number of benzene rings is 1. The van der Waals surface area contributed by atoms with Gasteiger partial charge in [-0.15, -0.1) is 0 Å². The molecule has 33 heavy (non-hydrogen) atoms. The Kier molecular flexibility index (Phi) is 8.65. The largest absolute Gasteiger partial charge is 0.449 e. The number of carbonyl (C=O) groups excluding carboxylic acids is 1. The number of alkyl carbamates (subject to hydrolysis) is 1. The van der Waals surface area contributed by atoms with E-state index in [4.69, 9.17) is 16.3 Å². The number of carbonyl (C=O) groups is 1. The van der Waals surface area contributed by atoms with Crippen molar-refractivity contribution in [3.8, 4) is 0 Å². The van der Waals surface area contributed by atoms with Gasteiger partial charge in [-0.2, -0.15) is 4.98 Å². The van der Waals surface area contributed by atoms with Gasteiger partial charge in [0.2, 0.25) is 5.28 Å². The van der Waals surface area contributed by atoms with Crippen LogP contribution in [0.15, 0.2) is 33.9 Å². The van der Waals surface area contributed by atoms with Crippen LogP contribution in [-0.2, 0) is 24.2 Å². The zero-order valence-corrected chi connectivity index (χ0v) is 19.2. The molecule has 3 aromatic rings. The number of aromatic amines is 1. The summed E-state index contributed by atoms with van der Waals surface area (Å²) in [6.45, 7) is 2.92. The molecular formula is C22H27ClFN5O4. The van der Waals surface area contributed by atoms with Crippen molar-refractivity contribution in [2.75, 3.05) is 13.2 Å². The first-order chi connectivity index (χ1) is 15.9. The summed E-state index contributed by atoms with van der Waals surface area (Å²) in [5, 5.41) is 2.63. The maximum absolute atomic E-state index is 13.2. The molecule has 11 heteroatoms. The van der Waals surface area contributed by atoms with Crippen LogP contribution in [0.2, 0.25) is 5.28 Å². The number of amides is 1. The number of fused-ring (bicyclic) bond motifs is 1.